The summed E-state index contributed by atoms with van der Waals surface area (Å²) >= 11 is 13.5. The van der Waals surface area contributed by atoms with E-state index >= 15 is 4.39 Å². The number of aromatic nitrogens is 2. The van der Waals surface area contributed by atoms with Gasteiger partial charge in [0.25, 0.3) is 0 Å². The van der Waals surface area contributed by atoms with Crippen LogP contribution < -0.4 is 15.0 Å². The molecule has 0 saturated carbocycles. The Labute approximate surface area is 257 Å². The van der Waals surface area contributed by atoms with Crippen LogP contribution in [0, 0.1) is 5.82 Å². The molecule has 5 heterocycles. The predicted octanol–water partition coefficient (Wildman–Crippen LogP) is 6.50. The number of nitrogens with zero attached hydrogens (tertiary/aromatic N) is 4. The van der Waals surface area contributed by atoms with Gasteiger partial charge in [0.2, 0.25) is 0 Å². The number of phenols is 1. The van der Waals surface area contributed by atoms with Crippen molar-refractivity contribution in [3.8, 4) is 22.9 Å². The monoisotopic (exact) mass is 625 g/mol. The fraction of sp³-hybridized carbons (Fsp3) is 0.438. The number of alkyl halides is 1. The van der Waals surface area contributed by atoms with Crippen LogP contribution in [-0.2, 0) is 0 Å². The summed E-state index contributed by atoms with van der Waals surface area (Å²) in [5.41, 5.74) is 0.140. The molecule has 1 aromatic heterocycles. The van der Waals surface area contributed by atoms with Crippen molar-refractivity contribution in [2.24, 2.45) is 0 Å². The minimum atomic E-state index is -0.889. The molecule has 4 saturated heterocycles. The molecule has 2 bridgehead atoms. The van der Waals surface area contributed by atoms with Crippen molar-refractivity contribution in [1.29, 1.82) is 0 Å². The van der Waals surface area contributed by atoms with Crippen molar-refractivity contribution in [2.75, 3.05) is 37.7 Å². The molecule has 0 unspecified atom stereocenters. The fourth-order valence-electron chi connectivity index (χ4n) is 7.89. The van der Waals surface area contributed by atoms with E-state index in [4.69, 9.17) is 32.9 Å². The highest BCUT2D eigenvalue weighted by Gasteiger charge is 2.49. The van der Waals surface area contributed by atoms with E-state index in [0.717, 1.165) is 45.3 Å². The molecular weight excluding hydrogens is 595 g/mol. The fourth-order valence-corrected chi connectivity index (χ4v) is 8.47. The van der Waals surface area contributed by atoms with Crippen LogP contribution in [0.5, 0.6) is 11.8 Å². The summed E-state index contributed by atoms with van der Waals surface area (Å²) < 4.78 is 37.6. The van der Waals surface area contributed by atoms with Gasteiger partial charge in [-0.2, -0.15) is 9.97 Å². The smallest absolute Gasteiger partial charge is 0.319 e. The molecule has 3 aromatic carbocycles. The van der Waals surface area contributed by atoms with E-state index in [0.29, 0.717) is 57.6 Å². The Bertz CT molecular complexity index is 1760. The molecule has 0 amide bonds. The first-order valence-electron chi connectivity index (χ1n) is 14.9. The summed E-state index contributed by atoms with van der Waals surface area (Å²) in [4.78, 5) is 13.8. The van der Waals surface area contributed by atoms with Gasteiger partial charge in [0.1, 0.15) is 29.9 Å². The van der Waals surface area contributed by atoms with Gasteiger partial charge < -0.3 is 20.1 Å². The Kier molecular flexibility index (Phi) is 6.60. The lowest BCUT2D eigenvalue weighted by atomic mass is 9.95. The van der Waals surface area contributed by atoms with Gasteiger partial charge in [-0.05, 0) is 67.4 Å². The van der Waals surface area contributed by atoms with Crippen molar-refractivity contribution in [3.63, 3.8) is 0 Å². The number of piperazine rings is 1. The number of hydrogen-bond donors (Lipinski definition) is 2. The van der Waals surface area contributed by atoms with Crippen molar-refractivity contribution in [3.05, 3.63) is 52.3 Å². The third kappa shape index (κ3) is 4.58. The van der Waals surface area contributed by atoms with Crippen LogP contribution in [0.15, 0.2) is 36.4 Å². The molecule has 11 heteroatoms. The van der Waals surface area contributed by atoms with E-state index in [2.05, 4.69) is 20.1 Å². The minimum absolute atomic E-state index is 0.0351. The number of rotatable bonds is 5. The van der Waals surface area contributed by atoms with Crippen LogP contribution in [0.4, 0.5) is 14.6 Å². The second kappa shape index (κ2) is 10.3. The van der Waals surface area contributed by atoms with Gasteiger partial charge >= 0.3 is 6.01 Å². The first kappa shape index (κ1) is 27.6. The Balaban J connectivity index is 1.28. The van der Waals surface area contributed by atoms with Gasteiger partial charge in [-0.1, -0.05) is 35.3 Å². The van der Waals surface area contributed by atoms with Crippen molar-refractivity contribution in [1.82, 2.24) is 20.2 Å². The lowest BCUT2D eigenvalue weighted by Gasteiger charge is -2.34. The second-order valence-electron chi connectivity index (χ2n) is 12.5. The van der Waals surface area contributed by atoms with Crippen LogP contribution in [0.3, 0.4) is 0 Å². The third-order valence-electron chi connectivity index (χ3n) is 9.77. The largest absolute Gasteiger partial charge is 0.508 e. The quantitative estimate of drug-likeness (QED) is 0.262. The molecule has 4 aliphatic heterocycles. The third-order valence-corrected chi connectivity index (χ3v) is 10.4. The van der Waals surface area contributed by atoms with E-state index in [1.54, 1.807) is 30.3 Å². The number of phenolic OH excluding ortho intramolecular Hbond substituents is 1. The molecule has 4 aliphatic rings. The molecule has 0 radical (unpaired) electrons. The molecule has 2 N–H and O–H groups in total. The first-order valence-corrected chi connectivity index (χ1v) is 15.7. The van der Waals surface area contributed by atoms with Crippen LogP contribution in [-0.4, -0.2) is 76.6 Å². The van der Waals surface area contributed by atoms with Crippen LogP contribution in [0.2, 0.25) is 10.0 Å². The maximum absolute atomic E-state index is 16.9. The maximum atomic E-state index is 16.9. The number of aromatic hydroxyl groups is 1. The summed E-state index contributed by atoms with van der Waals surface area (Å²) in [7, 11) is 0. The predicted molar refractivity (Wildman–Crippen MR) is 165 cm³/mol. The molecule has 4 atom stereocenters. The van der Waals surface area contributed by atoms with E-state index < -0.39 is 17.5 Å². The highest BCUT2D eigenvalue weighted by molar-refractivity contribution is 6.38. The highest BCUT2D eigenvalue weighted by atomic mass is 35.5. The van der Waals surface area contributed by atoms with Crippen LogP contribution in [0.25, 0.3) is 32.8 Å². The van der Waals surface area contributed by atoms with Crippen LogP contribution in [0.1, 0.15) is 32.1 Å². The molecule has 0 spiro atoms. The zero-order valence-electron chi connectivity index (χ0n) is 23.4. The van der Waals surface area contributed by atoms with Crippen molar-refractivity contribution < 1.29 is 18.6 Å². The zero-order chi connectivity index (χ0) is 29.5. The summed E-state index contributed by atoms with van der Waals surface area (Å²) in [6, 6.07) is 10.8. The number of benzene rings is 3. The Morgan fingerprint density at radius 2 is 1.88 bits per heavy atom. The lowest BCUT2D eigenvalue weighted by molar-refractivity contribution is 0.107. The van der Waals surface area contributed by atoms with Crippen molar-refractivity contribution in [2.45, 2.75) is 55.9 Å². The average Bonchev–Trinajstić information content (AvgIpc) is 3.62. The van der Waals surface area contributed by atoms with E-state index in [-0.39, 0.29) is 34.5 Å². The molecule has 224 valence electrons. The first-order chi connectivity index (χ1) is 20.8. The maximum Gasteiger partial charge on any atom is 0.319 e. The second-order valence-corrected chi connectivity index (χ2v) is 13.3. The number of hydrogen-bond acceptors (Lipinski definition) is 7. The molecule has 43 heavy (non-hydrogen) atoms. The summed E-state index contributed by atoms with van der Waals surface area (Å²) in [6.07, 6.45) is 3.49. The SMILES string of the molecule is Oc1cc(-c2c(Cl)cc3c(N4C[C@H]5CC[C@@H](C4)N5)nc(OC[C@@]45CCCN4C[C@H](F)C5)nc3c2F)c2c(Cl)cccc2c1. The van der Waals surface area contributed by atoms with Gasteiger partial charge in [-0.3, -0.25) is 4.90 Å². The lowest BCUT2D eigenvalue weighted by Crippen LogP contribution is -2.51. The Morgan fingerprint density at radius 3 is 2.70 bits per heavy atom. The number of halogens is 4. The average molecular weight is 627 g/mol. The van der Waals surface area contributed by atoms with E-state index in [1.807, 2.05) is 0 Å². The molecule has 4 aromatic rings. The topological polar surface area (TPSA) is 73.8 Å². The molecule has 7 nitrogen and oxygen atoms in total. The standard InChI is InChI=1S/C32H31Cl2F2N5O2/c33-24-4-1-3-17-9-21(42)10-22(26(17)24)27-25(34)11-23-29(28(27)36)38-31(39-30(23)40-14-19-5-6-20(15-40)37-19)43-16-32-7-2-8-41(32)13-18(35)12-32/h1,3-4,9-11,18-20,37,42H,2,5-8,12-16H2/t18-,19-,20+,32+/m1/s1. The van der Waals surface area contributed by atoms with Gasteiger partial charge in [0, 0.05) is 59.5 Å². The van der Waals surface area contributed by atoms with Crippen molar-refractivity contribution >= 4 is 50.7 Å². The Hall–Kier alpha value is -2.98. The van der Waals surface area contributed by atoms with E-state index in [1.165, 1.54) is 6.07 Å². The molecule has 4 fully saturated rings. The van der Waals surface area contributed by atoms with E-state index in [9.17, 15) is 9.50 Å². The summed E-state index contributed by atoms with van der Waals surface area (Å²) in [5.74, 6) is -0.112. The normalized spacial score (nSPS) is 27.0. The molecule has 0 aliphatic carbocycles. The van der Waals surface area contributed by atoms with Crippen LogP contribution >= 0.6 is 23.2 Å². The Morgan fingerprint density at radius 1 is 1.07 bits per heavy atom. The van der Waals surface area contributed by atoms with Gasteiger partial charge in [0.15, 0.2) is 5.82 Å². The number of nitrogens with one attached hydrogen (secondary N) is 1. The number of fused-ring (bicyclic) bond motifs is 5. The van der Waals surface area contributed by atoms with Gasteiger partial charge in [0.05, 0.1) is 10.6 Å². The van der Waals surface area contributed by atoms with Gasteiger partial charge in [-0.15, -0.1) is 0 Å². The number of ether oxygens (including phenoxy) is 1. The molecular formula is C32H31Cl2F2N5O2. The highest BCUT2D eigenvalue weighted by Crippen LogP contribution is 2.45. The summed E-state index contributed by atoms with van der Waals surface area (Å²) in [5, 5.41) is 16.5. The zero-order valence-corrected chi connectivity index (χ0v) is 24.9. The van der Waals surface area contributed by atoms with Gasteiger partial charge in [-0.25, -0.2) is 8.78 Å². The number of anilines is 1. The minimum Gasteiger partial charge on any atom is -0.508 e. The molecule has 8 rings (SSSR count). The summed E-state index contributed by atoms with van der Waals surface area (Å²) in [6.45, 7) is 2.93.